The quantitative estimate of drug-likeness (QED) is 0.803. The molecule has 3 nitrogen and oxygen atoms in total. The van der Waals surface area contributed by atoms with E-state index >= 15 is 0 Å². The highest BCUT2D eigenvalue weighted by atomic mass is 15.3. The summed E-state index contributed by atoms with van der Waals surface area (Å²) in [6.07, 6.45) is 7.51. The smallest absolute Gasteiger partial charge is 0.0708 e. The number of nitrogens with one attached hydrogen (secondary N) is 1. The summed E-state index contributed by atoms with van der Waals surface area (Å²) in [5.74, 6) is 0. The van der Waals surface area contributed by atoms with Crippen molar-refractivity contribution in [2.24, 2.45) is 5.10 Å². The van der Waals surface area contributed by atoms with Gasteiger partial charge in [-0.3, -0.25) is 10.4 Å². The Bertz CT molecular complexity index is 586. The van der Waals surface area contributed by atoms with Gasteiger partial charge in [-0.2, -0.15) is 5.10 Å². The fraction of sp³-hybridized carbons (Fsp3) is 0. The molecule has 0 spiro atoms. The van der Waals surface area contributed by atoms with Crippen LogP contribution in [0.25, 0.3) is 17.3 Å². The molecule has 1 N–H and O–H groups in total. The van der Waals surface area contributed by atoms with Crippen molar-refractivity contribution < 1.29 is 0 Å². The Hall–Kier alpha value is -2.42. The van der Waals surface area contributed by atoms with Crippen molar-refractivity contribution in [1.82, 2.24) is 4.98 Å². The highest BCUT2D eigenvalue weighted by Gasteiger charge is 2.08. The van der Waals surface area contributed by atoms with E-state index in [0.717, 1.165) is 22.5 Å². The van der Waals surface area contributed by atoms with Gasteiger partial charge < -0.3 is 0 Å². The third kappa shape index (κ3) is 1.83. The molecule has 0 unspecified atom stereocenters. The van der Waals surface area contributed by atoms with Gasteiger partial charge in [0.05, 0.1) is 11.4 Å². The average molecular weight is 221 g/mol. The minimum Gasteiger partial charge on any atom is -0.278 e. The van der Waals surface area contributed by atoms with Crippen LogP contribution in [0.5, 0.6) is 0 Å². The molecule has 2 aromatic rings. The Balaban J connectivity index is 2.19. The molecule has 17 heavy (non-hydrogen) atoms. The van der Waals surface area contributed by atoms with E-state index in [-0.39, 0.29) is 0 Å². The SMILES string of the molecule is C1=Cc2c(cccc2-c2ccccn2)NN=C1. The number of anilines is 1. The van der Waals surface area contributed by atoms with E-state index in [9.17, 15) is 0 Å². The third-order valence-electron chi connectivity index (χ3n) is 2.66. The second kappa shape index (κ2) is 4.22. The number of hydrogen-bond donors (Lipinski definition) is 1. The summed E-state index contributed by atoms with van der Waals surface area (Å²) in [4.78, 5) is 4.39. The molecule has 1 aromatic carbocycles. The van der Waals surface area contributed by atoms with E-state index in [1.54, 1.807) is 12.4 Å². The number of nitrogens with zero attached hydrogens (tertiary/aromatic N) is 2. The van der Waals surface area contributed by atoms with Gasteiger partial charge in [0.25, 0.3) is 0 Å². The summed E-state index contributed by atoms with van der Waals surface area (Å²) in [6, 6.07) is 12.0. The zero-order valence-electron chi connectivity index (χ0n) is 9.17. The fourth-order valence-electron chi connectivity index (χ4n) is 1.88. The molecule has 3 heteroatoms. The van der Waals surface area contributed by atoms with Crippen LogP contribution >= 0.6 is 0 Å². The number of fused-ring (bicyclic) bond motifs is 1. The van der Waals surface area contributed by atoms with Crippen LogP contribution in [0.15, 0.2) is 53.8 Å². The molecular weight excluding hydrogens is 210 g/mol. The summed E-state index contributed by atoms with van der Waals surface area (Å²) in [7, 11) is 0. The van der Waals surface area contributed by atoms with Crippen LogP contribution < -0.4 is 5.43 Å². The summed E-state index contributed by atoms with van der Waals surface area (Å²) >= 11 is 0. The monoisotopic (exact) mass is 221 g/mol. The molecule has 0 saturated heterocycles. The summed E-state index contributed by atoms with van der Waals surface area (Å²) in [5.41, 5.74) is 7.21. The van der Waals surface area contributed by atoms with Crippen LogP contribution in [0.3, 0.4) is 0 Å². The Labute approximate surface area is 99.5 Å². The van der Waals surface area contributed by atoms with Crippen LogP contribution in [0.1, 0.15) is 5.56 Å². The summed E-state index contributed by atoms with van der Waals surface area (Å²) in [6.45, 7) is 0. The highest BCUT2D eigenvalue weighted by Crippen LogP contribution is 2.29. The van der Waals surface area contributed by atoms with E-state index < -0.39 is 0 Å². The van der Waals surface area contributed by atoms with E-state index in [2.05, 4.69) is 21.6 Å². The molecule has 3 rings (SSSR count). The standard InChI is InChI=1S/C14H11N3/c1-2-9-15-13(7-1)11-5-3-8-14-12(11)6-4-10-16-17-14/h1-10,17H. The van der Waals surface area contributed by atoms with E-state index in [0.29, 0.717) is 0 Å². The lowest BCUT2D eigenvalue weighted by atomic mass is 10.0. The molecule has 2 heterocycles. The van der Waals surface area contributed by atoms with Crippen molar-refractivity contribution in [3.8, 4) is 11.3 Å². The summed E-state index contributed by atoms with van der Waals surface area (Å²) in [5, 5.41) is 4.06. The number of rotatable bonds is 1. The first-order valence-corrected chi connectivity index (χ1v) is 5.45. The van der Waals surface area contributed by atoms with Gasteiger partial charge in [0.2, 0.25) is 0 Å². The minimum absolute atomic E-state index is 0.970. The van der Waals surface area contributed by atoms with Gasteiger partial charge in [-0.1, -0.05) is 24.3 Å². The molecule has 0 amide bonds. The molecule has 0 aliphatic carbocycles. The molecule has 82 valence electrons. The topological polar surface area (TPSA) is 37.3 Å². The first kappa shape index (κ1) is 9.78. The largest absolute Gasteiger partial charge is 0.278 e. The van der Waals surface area contributed by atoms with Crippen molar-refractivity contribution in [2.75, 3.05) is 5.43 Å². The maximum Gasteiger partial charge on any atom is 0.0708 e. The van der Waals surface area contributed by atoms with Crippen LogP contribution in [-0.2, 0) is 0 Å². The van der Waals surface area contributed by atoms with Gasteiger partial charge in [0, 0.05) is 23.5 Å². The third-order valence-corrected chi connectivity index (χ3v) is 2.66. The predicted octanol–water partition coefficient (Wildman–Crippen LogP) is 3.17. The zero-order valence-corrected chi connectivity index (χ0v) is 9.17. The lowest BCUT2D eigenvalue weighted by Crippen LogP contribution is -1.93. The van der Waals surface area contributed by atoms with Crippen LogP contribution in [0.4, 0.5) is 5.69 Å². The van der Waals surface area contributed by atoms with Gasteiger partial charge in [0.1, 0.15) is 0 Å². The van der Waals surface area contributed by atoms with Gasteiger partial charge in [0.15, 0.2) is 0 Å². The first-order valence-electron chi connectivity index (χ1n) is 5.45. The fourth-order valence-corrected chi connectivity index (χ4v) is 1.88. The summed E-state index contributed by atoms with van der Waals surface area (Å²) < 4.78 is 0. The average Bonchev–Trinajstić information content (AvgIpc) is 2.64. The Morgan fingerprint density at radius 1 is 1.00 bits per heavy atom. The molecule has 1 aliphatic heterocycles. The minimum atomic E-state index is 0.970. The Kier molecular flexibility index (Phi) is 2.43. The Morgan fingerprint density at radius 3 is 2.88 bits per heavy atom. The van der Waals surface area contributed by atoms with Gasteiger partial charge in [-0.05, 0) is 24.3 Å². The Morgan fingerprint density at radius 2 is 2.00 bits per heavy atom. The van der Waals surface area contributed by atoms with Crippen LogP contribution in [-0.4, -0.2) is 11.2 Å². The number of pyridine rings is 1. The van der Waals surface area contributed by atoms with Crippen LogP contribution in [0, 0.1) is 0 Å². The van der Waals surface area contributed by atoms with Gasteiger partial charge in [-0.25, -0.2) is 0 Å². The van der Waals surface area contributed by atoms with Crippen LogP contribution in [0.2, 0.25) is 0 Å². The van der Waals surface area contributed by atoms with E-state index in [4.69, 9.17) is 0 Å². The molecule has 1 aliphatic rings. The highest BCUT2D eigenvalue weighted by molar-refractivity contribution is 5.89. The molecule has 0 saturated carbocycles. The second-order valence-electron chi connectivity index (χ2n) is 3.73. The maximum atomic E-state index is 4.39. The number of allylic oxidation sites excluding steroid dienone is 1. The molecule has 0 radical (unpaired) electrons. The maximum absolute atomic E-state index is 4.39. The number of aromatic nitrogens is 1. The van der Waals surface area contributed by atoms with Crippen molar-refractivity contribution >= 4 is 18.0 Å². The zero-order chi connectivity index (χ0) is 11.5. The number of hydrazone groups is 1. The lowest BCUT2D eigenvalue weighted by molar-refractivity contribution is 1.31. The normalized spacial score (nSPS) is 12.7. The molecule has 0 fully saturated rings. The number of benzene rings is 1. The van der Waals surface area contributed by atoms with Gasteiger partial charge in [-0.15, -0.1) is 0 Å². The predicted molar refractivity (Wildman–Crippen MR) is 70.8 cm³/mol. The van der Waals surface area contributed by atoms with E-state index in [1.165, 1.54) is 0 Å². The van der Waals surface area contributed by atoms with E-state index in [1.807, 2.05) is 42.5 Å². The molecule has 0 bridgehead atoms. The molecular formula is C14H11N3. The van der Waals surface area contributed by atoms with Crippen molar-refractivity contribution in [3.63, 3.8) is 0 Å². The molecule has 0 atom stereocenters. The van der Waals surface area contributed by atoms with Crippen molar-refractivity contribution in [2.45, 2.75) is 0 Å². The van der Waals surface area contributed by atoms with Crippen molar-refractivity contribution in [3.05, 3.63) is 54.2 Å². The van der Waals surface area contributed by atoms with Gasteiger partial charge >= 0.3 is 0 Å². The lowest BCUT2D eigenvalue weighted by Gasteiger charge is -2.09. The van der Waals surface area contributed by atoms with Crippen molar-refractivity contribution in [1.29, 1.82) is 0 Å². The second-order valence-corrected chi connectivity index (χ2v) is 3.73. The molecule has 1 aromatic heterocycles. The number of hydrogen-bond acceptors (Lipinski definition) is 3. The first-order chi connectivity index (χ1) is 8.45.